The molecule has 0 unspecified atom stereocenters. The predicted molar refractivity (Wildman–Crippen MR) is 103 cm³/mol. The third-order valence-corrected chi connectivity index (χ3v) is 5.98. The number of aryl methyl sites for hydroxylation is 1. The number of amides is 2. The van der Waals surface area contributed by atoms with Gasteiger partial charge in [0.2, 0.25) is 0 Å². The van der Waals surface area contributed by atoms with Crippen molar-refractivity contribution in [3.8, 4) is 0 Å². The first-order valence-corrected chi connectivity index (χ1v) is 9.83. The molecule has 0 aromatic heterocycles. The number of anilines is 2. The smallest absolute Gasteiger partial charge is 0.319 e. The van der Waals surface area contributed by atoms with Crippen molar-refractivity contribution in [3.05, 3.63) is 66.7 Å². The van der Waals surface area contributed by atoms with Crippen LogP contribution in [-0.4, -0.2) is 27.5 Å². The van der Waals surface area contributed by atoms with E-state index in [0.29, 0.717) is 24.5 Å². The van der Waals surface area contributed by atoms with Crippen molar-refractivity contribution >= 4 is 27.4 Å². The van der Waals surface area contributed by atoms with E-state index >= 15 is 0 Å². The summed E-state index contributed by atoms with van der Waals surface area (Å²) in [6.45, 7) is 4.36. The van der Waals surface area contributed by atoms with Gasteiger partial charge in [-0.05, 0) is 48.7 Å². The summed E-state index contributed by atoms with van der Waals surface area (Å²) in [5.74, 6) is 0. The van der Waals surface area contributed by atoms with E-state index in [0.717, 1.165) is 18.4 Å². The third kappa shape index (κ3) is 3.72. The van der Waals surface area contributed by atoms with Crippen molar-refractivity contribution in [2.75, 3.05) is 22.7 Å². The first kappa shape index (κ1) is 18.0. The number of hydrogen-bond donors (Lipinski definition) is 2. The minimum Gasteiger partial charge on any atom is -0.334 e. The lowest BCUT2D eigenvalue weighted by molar-refractivity contribution is 0.253. The lowest BCUT2D eigenvalue weighted by Gasteiger charge is -2.30. The van der Waals surface area contributed by atoms with Crippen molar-refractivity contribution in [1.29, 1.82) is 0 Å². The van der Waals surface area contributed by atoms with Gasteiger partial charge in [-0.1, -0.05) is 24.3 Å². The van der Waals surface area contributed by atoms with Gasteiger partial charge in [-0.3, -0.25) is 4.31 Å². The van der Waals surface area contributed by atoms with E-state index in [-0.39, 0.29) is 10.9 Å². The highest BCUT2D eigenvalue weighted by atomic mass is 32.2. The molecule has 2 aromatic carbocycles. The van der Waals surface area contributed by atoms with Gasteiger partial charge in [0.25, 0.3) is 10.0 Å². The fourth-order valence-electron chi connectivity index (χ4n) is 2.95. The van der Waals surface area contributed by atoms with Crippen molar-refractivity contribution in [1.82, 2.24) is 5.32 Å². The summed E-state index contributed by atoms with van der Waals surface area (Å²) in [5.41, 5.74) is 2.19. The number of hydrogen-bond acceptors (Lipinski definition) is 3. The van der Waals surface area contributed by atoms with Gasteiger partial charge in [0.15, 0.2) is 0 Å². The van der Waals surface area contributed by atoms with Gasteiger partial charge in [0, 0.05) is 18.8 Å². The molecule has 0 spiro atoms. The van der Waals surface area contributed by atoms with Gasteiger partial charge in [0.1, 0.15) is 0 Å². The van der Waals surface area contributed by atoms with Crippen LogP contribution >= 0.6 is 0 Å². The fourth-order valence-corrected chi connectivity index (χ4v) is 4.51. The molecule has 1 heterocycles. The highest BCUT2D eigenvalue weighted by molar-refractivity contribution is 7.92. The van der Waals surface area contributed by atoms with Crippen LogP contribution in [-0.2, 0) is 16.4 Å². The average Bonchev–Trinajstić information content (AvgIpc) is 2.66. The Bertz CT molecular complexity index is 911. The van der Waals surface area contributed by atoms with Gasteiger partial charge >= 0.3 is 6.03 Å². The molecule has 2 amide bonds. The van der Waals surface area contributed by atoms with E-state index in [9.17, 15) is 13.2 Å². The minimum absolute atomic E-state index is 0.277. The van der Waals surface area contributed by atoms with Crippen LogP contribution in [0.5, 0.6) is 0 Å². The average molecular weight is 371 g/mol. The number of fused-ring (bicyclic) bond motifs is 1. The number of urea groups is 1. The number of nitrogens with one attached hydrogen (secondary N) is 2. The maximum atomic E-state index is 13.0. The van der Waals surface area contributed by atoms with Gasteiger partial charge in [-0.15, -0.1) is 6.58 Å². The molecule has 0 saturated heterocycles. The SMILES string of the molecule is C=CCNC(=O)Nc1ccc2c(c1)CCCN2S(=O)(=O)c1ccccc1. The molecular formula is C19H21N3O3S. The van der Waals surface area contributed by atoms with Crippen LogP contribution in [0.25, 0.3) is 0 Å². The summed E-state index contributed by atoms with van der Waals surface area (Å²) in [4.78, 5) is 12.0. The molecule has 136 valence electrons. The maximum absolute atomic E-state index is 13.0. The summed E-state index contributed by atoms with van der Waals surface area (Å²) < 4.78 is 27.4. The highest BCUT2D eigenvalue weighted by Gasteiger charge is 2.29. The Hall–Kier alpha value is -2.80. The van der Waals surface area contributed by atoms with E-state index in [1.807, 2.05) is 6.07 Å². The summed E-state index contributed by atoms with van der Waals surface area (Å²) in [7, 11) is -3.60. The second-order valence-corrected chi connectivity index (χ2v) is 7.82. The molecule has 0 radical (unpaired) electrons. The first-order valence-electron chi connectivity index (χ1n) is 8.39. The molecule has 2 aromatic rings. The summed E-state index contributed by atoms with van der Waals surface area (Å²) >= 11 is 0. The molecule has 0 atom stereocenters. The lowest BCUT2D eigenvalue weighted by Crippen LogP contribution is -2.35. The number of sulfonamides is 1. The van der Waals surface area contributed by atoms with Crippen LogP contribution in [0, 0.1) is 0 Å². The van der Waals surface area contributed by atoms with Crippen LogP contribution in [0.2, 0.25) is 0 Å². The second-order valence-electron chi connectivity index (χ2n) is 5.96. The van der Waals surface area contributed by atoms with Crippen LogP contribution in [0.4, 0.5) is 16.2 Å². The number of carbonyl (C=O) groups is 1. The Kier molecular flexibility index (Phi) is 5.27. The van der Waals surface area contributed by atoms with Crippen LogP contribution in [0.1, 0.15) is 12.0 Å². The zero-order valence-electron chi connectivity index (χ0n) is 14.3. The lowest BCUT2D eigenvalue weighted by atomic mass is 10.0. The molecule has 0 fully saturated rings. The van der Waals surface area contributed by atoms with E-state index in [1.165, 1.54) is 4.31 Å². The second kappa shape index (κ2) is 7.61. The Labute approximate surface area is 153 Å². The van der Waals surface area contributed by atoms with Crippen LogP contribution in [0.15, 0.2) is 66.1 Å². The number of benzene rings is 2. The van der Waals surface area contributed by atoms with E-state index in [2.05, 4.69) is 17.2 Å². The Morgan fingerprint density at radius 1 is 1.19 bits per heavy atom. The summed E-state index contributed by atoms with van der Waals surface area (Å²) in [5, 5.41) is 5.39. The number of rotatable bonds is 5. The fraction of sp³-hybridized carbons (Fsp3) is 0.211. The molecule has 1 aliphatic rings. The quantitative estimate of drug-likeness (QED) is 0.793. The normalized spacial score (nSPS) is 13.6. The number of carbonyl (C=O) groups excluding carboxylic acids is 1. The predicted octanol–water partition coefficient (Wildman–Crippen LogP) is 3.14. The van der Waals surface area contributed by atoms with Crippen molar-refractivity contribution in [3.63, 3.8) is 0 Å². The van der Waals surface area contributed by atoms with Gasteiger partial charge in [-0.2, -0.15) is 0 Å². The molecule has 6 nitrogen and oxygen atoms in total. The van der Waals surface area contributed by atoms with Crippen molar-refractivity contribution in [2.24, 2.45) is 0 Å². The molecule has 7 heteroatoms. The highest BCUT2D eigenvalue weighted by Crippen LogP contribution is 2.33. The topological polar surface area (TPSA) is 78.5 Å². The molecule has 26 heavy (non-hydrogen) atoms. The molecule has 0 aliphatic carbocycles. The Balaban J connectivity index is 1.87. The van der Waals surface area contributed by atoms with E-state index < -0.39 is 10.0 Å². The summed E-state index contributed by atoms with van der Waals surface area (Å²) in [6.07, 6.45) is 3.09. The van der Waals surface area contributed by atoms with Gasteiger partial charge in [0.05, 0.1) is 10.6 Å². The molecule has 0 bridgehead atoms. The molecule has 1 aliphatic heterocycles. The monoisotopic (exact) mass is 371 g/mol. The van der Waals surface area contributed by atoms with E-state index in [1.54, 1.807) is 48.5 Å². The van der Waals surface area contributed by atoms with Crippen LogP contribution in [0.3, 0.4) is 0 Å². The van der Waals surface area contributed by atoms with Gasteiger partial charge in [-0.25, -0.2) is 13.2 Å². The zero-order chi connectivity index (χ0) is 18.6. The third-order valence-electron chi connectivity index (χ3n) is 4.15. The largest absolute Gasteiger partial charge is 0.334 e. The van der Waals surface area contributed by atoms with Crippen LogP contribution < -0.4 is 14.9 Å². The standard InChI is InChI=1S/C19H21N3O3S/c1-2-12-20-19(23)21-16-10-11-18-15(14-16)7-6-13-22(18)26(24,25)17-8-4-3-5-9-17/h2-5,8-11,14H,1,6-7,12-13H2,(H2,20,21,23). The zero-order valence-corrected chi connectivity index (χ0v) is 15.1. The van der Waals surface area contributed by atoms with E-state index in [4.69, 9.17) is 0 Å². The van der Waals surface area contributed by atoms with Gasteiger partial charge < -0.3 is 10.6 Å². The molecular weight excluding hydrogens is 350 g/mol. The number of nitrogens with zero attached hydrogens (tertiary/aromatic N) is 1. The first-order chi connectivity index (χ1) is 12.5. The molecule has 3 rings (SSSR count). The Morgan fingerprint density at radius 3 is 2.69 bits per heavy atom. The van der Waals surface area contributed by atoms with Crippen molar-refractivity contribution in [2.45, 2.75) is 17.7 Å². The maximum Gasteiger partial charge on any atom is 0.319 e. The summed E-state index contributed by atoms with van der Waals surface area (Å²) in [6, 6.07) is 13.4. The minimum atomic E-state index is -3.60. The Morgan fingerprint density at radius 2 is 1.96 bits per heavy atom. The molecule has 2 N–H and O–H groups in total. The molecule has 0 saturated carbocycles. The van der Waals surface area contributed by atoms with Crippen molar-refractivity contribution < 1.29 is 13.2 Å².